The Morgan fingerprint density at radius 1 is 1.27 bits per heavy atom. The molecule has 0 atom stereocenters. The highest BCUT2D eigenvalue weighted by atomic mass is 16.7. The van der Waals surface area contributed by atoms with E-state index in [4.69, 9.17) is 14.0 Å². The Labute approximate surface area is 152 Å². The number of nitrogens with zero attached hydrogens (tertiary/aromatic N) is 2. The lowest BCUT2D eigenvalue weighted by Gasteiger charge is -2.32. The number of carbonyl (C=O) groups excluding carboxylic acids is 1. The molecule has 0 unspecified atom stereocenters. The van der Waals surface area contributed by atoms with E-state index in [0.717, 1.165) is 6.20 Å². The van der Waals surface area contributed by atoms with Crippen LogP contribution in [0.2, 0.25) is 0 Å². The van der Waals surface area contributed by atoms with Crippen molar-refractivity contribution < 1.29 is 23.8 Å². The molecule has 1 aliphatic rings. The molecule has 0 aliphatic carbocycles. The monoisotopic (exact) mass is 365 g/mol. The zero-order valence-corrected chi connectivity index (χ0v) is 16.1. The lowest BCUT2D eigenvalue weighted by Crippen LogP contribution is -2.41. The van der Waals surface area contributed by atoms with Gasteiger partial charge in [0.15, 0.2) is 0 Å². The number of hydrogen-bond donors (Lipinski definition) is 1. The van der Waals surface area contributed by atoms with Crippen molar-refractivity contribution >= 4 is 30.2 Å². The number of ether oxygens (including phenoxy) is 1. The molecule has 1 aromatic rings. The smallest absolute Gasteiger partial charge is 0.444 e. The van der Waals surface area contributed by atoms with Crippen LogP contribution >= 0.6 is 0 Å². The molecule has 1 N–H and O–H groups in total. The zero-order valence-electron chi connectivity index (χ0n) is 16.1. The summed E-state index contributed by atoms with van der Waals surface area (Å²) in [5.41, 5.74) is -1.97. The van der Waals surface area contributed by atoms with Crippen molar-refractivity contribution in [2.45, 2.75) is 65.3 Å². The molecular weight excluding hydrogens is 341 g/mol. The minimum Gasteiger partial charge on any atom is -0.444 e. The molecule has 142 valence electrons. The van der Waals surface area contributed by atoms with Crippen molar-refractivity contribution in [1.29, 1.82) is 0 Å². The standard InChI is InChI=1S/C16H24BN3O6/c1-14(2,3)24-13(21)19-12-11(8-10(9-18-12)20(22)23)17-25-15(4,5)16(6,7)26-17/h8-9H,1-7H3,(H,18,19,21). The quantitative estimate of drug-likeness (QED) is 0.498. The Morgan fingerprint density at radius 2 is 1.81 bits per heavy atom. The van der Waals surface area contributed by atoms with Crippen LogP contribution in [0.3, 0.4) is 0 Å². The van der Waals surface area contributed by atoms with Gasteiger partial charge in [0.2, 0.25) is 0 Å². The van der Waals surface area contributed by atoms with Crippen molar-refractivity contribution in [2.24, 2.45) is 0 Å². The summed E-state index contributed by atoms with van der Waals surface area (Å²) >= 11 is 0. The van der Waals surface area contributed by atoms with Crippen molar-refractivity contribution in [3.05, 3.63) is 22.4 Å². The number of carbonyl (C=O) groups is 1. The Hall–Kier alpha value is -2.20. The second kappa shape index (κ2) is 6.51. The Bertz CT molecular complexity index is 713. The first-order valence-corrected chi connectivity index (χ1v) is 8.22. The number of rotatable bonds is 3. The Morgan fingerprint density at radius 3 is 2.27 bits per heavy atom. The summed E-state index contributed by atoms with van der Waals surface area (Å²) in [6.45, 7) is 12.6. The largest absolute Gasteiger partial charge is 0.498 e. The fraction of sp³-hybridized carbons (Fsp3) is 0.625. The van der Waals surface area contributed by atoms with Gasteiger partial charge < -0.3 is 14.0 Å². The first kappa shape index (κ1) is 20.1. The molecule has 0 radical (unpaired) electrons. The third-order valence-corrected chi connectivity index (χ3v) is 4.24. The van der Waals surface area contributed by atoms with E-state index in [1.54, 1.807) is 20.8 Å². The lowest BCUT2D eigenvalue weighted by molar-refractivity contribution is -0.385. The maximum Gasteiger partial charge on any atom is 0.498 e. The Balaban J connectivity index is 2.38. The van der Waals surface area contributed by atoms with Crippen LogP contribution < -0.4 is 10.8 Å². The van der Waals surface area contributed by atoms with Crippen LogP contribution in [-0.2, 0) is 14.0 Å². The maximum atomic E-state index is 12.1. The number of amides is 1. The number of nitrogens with one attached hydrogen (secondary N) is 1. The highest BCUT2D eigenvalue weighted by Crippen LogP contribution is 2.37. The number of nitro groups is 1. The predicted molar refractivity (Wildman–Crippen MR) is 96.5 cm³/mol. The van der Waals surface area contributed by atoms with Crippen LogP contribution in [-0.4, -0.2) is 39.9 Å². The van der Waals surface area contributed by atoms with Gasteiger partial charge in [-0.3, -0.25) is 15.4 Å². The van der Waals surface area contributed by atoms with Gasteiger partial charge >= 0.3 is 13.2 Å². The predicted octanol–water partition coefficient (Wildman–Crippen LogP) is 2.64. The molecule has 1 aliphatic heterocycles. The van der Waals surface area contributed by atoms with Gasteiger partial charge in [-0.15, -0.1) is 0 Å². The fourth-order valence-corrected chi connectivity index (χ4v) is 2.22. The van der Waals surface area contributed by atoms with Gasteiger partial charge in [-0.1, -0.05) is 0 Å². The molecule has 26 heavy (non-hydrogen) atoms. The average Bonchev–Trinajstić information content (AvgIpc) is 2.65. The third kappa shape index (κ3) is 4.31. The SMILES string of the molecule is CC(C)(C)OC(=O)Nc1ncc([N+](=O)[O-])cc1B1OC(C)(C)C(C)(C)O1. The van der Waals surface area contributed by atoms with Crippen molar-refractivity contribution in [2.75, 3.05) is 5.32 Å². The summed E-state index contributed by atoms with van der Waals surface area (Å²) in [4.78, 5) is 26.6. The maximum absolute atomic E-state index is 12.1. The lowest BCUT2D eigenvalue weighted by atomic mass is 9.79. The normalized spacial score (nSPS) is 18.5. The van der Waals surface area contributed by atoms with Gasteiger partial charge in [-0.2, -0.15) is 0 Å². The van der Waals surface area contributed by atoms with E-state index < -0.39 is 34.9 Å². The van der Waals surface area contributed by atoms with E-state index in [0.29, 0.717) is 0 Å². The average molecular weight is 365 g/mol. The van der Waals surface area contributed by atoms with E-state index in [1.807, 2.05) is 27.7 Å². The number of anilines is 1. The molecule has 0 saturated carbocycles. The molecular formula is C16H24BN3O6. The molecule has 10 heteroatoms. The topological polar surface area (TPSA) is 113 Å². The molecule has 0 spiro atoms. The van der Waals surface area contributed by atoms with Crippen LogP contribution in [0.25, 0.3) is 0 Å². The molecule has 1 saturated heterocycles. The van der Waals surface area contributed by atoms with Gasteiger partial charge in [0, 0.05) is 11.5 Å². The molecule has 9 nitrogen and oxygen atoms in total. The molecule has 2 heterocycles. The second-order valence-corrected chi connectivity index (χ2v) is 8.10. The highest BCUT2D eigenvalue weighted by Gasteiger charge is 2.53. The highest BCUT2D eigenvalue weighted by molar-refractivity contribution is 6.64. The number of pyridine rings is 1. The second-order valence-electron chi connectivity index (χ2n) is 8.10. The number of aromatic nitrogens is 1. The van der Waals surface area contributed by atoms with E-state index in [2.05, 4.69) is 10.3 Å². The first-order chi connectivity index (χ1) is 11.7. The van der Waals surface area contributed by atoms with E-state index in [9.17, 15) is 14.9 Å². The fourth-order valence-electron chi connectivity index (χ4n) is 2.22. The zero-order chi connectivity index (χ0) is 19.9. The van der Waals surface area contributed by atoms with Crippen LogP contribution in [0.5, 0.6) is 0 Å². The molecule has 2 rings (SSSR count). The van der Waals surface area contributed by atoms with Crippen LogP contribution in [0.15, 0.2) is 12.3 Å². The van der Waals surface area contributed by atoms with Crippen LogP contribution in [0.1, 0.15) is 48.5 Å². The summed E-state index contributed by atoms with van der Waals surface area (Å²) in [5, 5.41) is 13.6. The third-order valence-electron chi connectivity index (χ3n) is 4.24. The van der Waals surface area contributed by atoms with Gasteiger partial charge in [-0.05, 0) is 48.5 Å². The Kier molecular flexibility index (Phi) is 5.04. The van der Waals surface area contributed by atoms with Crippen molar-refractivity contribution in [3.8, 4) is 0 Å². The number of hydrogen-bond acceptors (Lipinski definition) is 7. The van der Waals surface area contributed by atoms with Gasteiger partial charge in [0.05, 0.1) is 16.1 Å². The first-order valence-electron chi connectivity index (χ1n) is 8.22. The van der Waals surface area contributed by atoms with Gasteiger partial charge in [0.1, 0.15) is 17.6 Å². The summed E-state index contributed by atoms with van der Waals surface area (Å²) in [6.07, 6.45) is 0.332. The van der Waals surface area contributed by atoms with Crippen LogP contribution in [0.4, 0.5) is 16.3 Å². The van der Waals surface area contributed by atoms with Gasteiger partial charge in [-0.25, -0.2) is 9.78 Å². The van der Waals surface area contributed by atoms with Gasteiger partial charge in [0.25, 0.3) is 5.69 Å². The summed E-state index contributed by atoms with van der Waals surface area (Å²) in [7, 11) is -0.919. The molecule has 1 fully saturated rings. The molecule has 1 amide bonds. The summed E-state index contributed by atoms with van der Waals surface area (Å²) < 4.78 is 17.1. The van der Waals surface area contributed by atoms with Crippen molar-refractivity contribution in [3.63, 3.8) is 0 Å². The van der Waals surface area contributed by atoms with Crippen molar-refractivity contribution in [1.82, 2.24) is 4.98 Å². The molecule has 0 aromatic carbocycles. The van der Waals surface area contributed by atoms with E-state index in [1.165, 1.54) is 6.07 Å². The minimum atomic E-state index is -0.919. The van der Waals surface area contributed by atoms with E-state index in [-0.39, 0.29) is 17.0 Å². The summed E-state index contributed by atoms with van der Waals surface area (Å²) in [6, 6.07) is 1.28. The van der Waals surface area contributed by atoms with E-state index >= 15 is 0 Å². The van der Waals surface area contributed by atoms with Crippen LogP contribution in [0, 0.1) is 10.1 Å². The molecule has 1 aromatic heterocycles. The molecule has 0 bridgehead atoms. The summed E-state index contributed by atoms with van der Waals surface area (Å²) in [5.74, 6) is 0.0864. The minimum absolute atomic E-state index is 0.0864.